The summed E-state index contributed by atoms with van der Waals surface area (Å²) in [6.07, 6.45) is 4.79. The minimum absolute atomic E-state index is 0.391. The van der Waals surface area contributed by atoms with Crippen molar-refractivity contribution in [1.82, 2.24) is 30.1 Å². The molecule has 74 valence electrons. The topological polar surface area (TPSA) is 109 Å². The quantitative estimate of drug-likeness (QED) is 0.525. The van der Waals surface area contributed by atoms with Crippen molar-refractivity contribution in [2.45, 2.75) is 0 Å². The monoisotopic (exact) mass is 201 g/mol. The third-order valence-electron chi connectivity index (χ3n) is 2.09. The number of fused-ring (bicyclic) bond motifs is 1. The van der Waals surface area contributed by atoms with E-state index in [1.807, 2.05) is 0 Å². The molecule has 0 radical (unpaired) electrons. The fraction of sp³-hybridized carbons (Fsp3) is 0. The first-order valence-corrected chi connectivity index (χ1v) is 4.30. The van der Waals surface area contributed by atoms with Crippen LogP contribution in [0.5, 0.6) is 0 Å². The molecular formula is C8H7N7. The number of aromatic amines is 2. The molecule has 0 aromatic carbocycles. The van der Waals surface area contributed by atoms with Crippen molar-refractivity contribution < 1.29 is 0 Å². The van der Waals surface area contributed by atoms with Gasteiger partial charge in [0.25, 0.3) is 0 Å². The van der Waals surface area contributed by atoms with E-state index < -0.39 is 0 Å². The second-order valence-electron chi connectivity index (χ2n) is 3.03. The number of nitrogen functional groups attached to an aromatic ring is 1. The van der Waals surface area contributed by atoms with Crippen LogP contribution < -0.4 is 5.73 Å². The molecule has 0 aliphatic heterocycles. The van der Waals surface area contributed by atoms with E-state index in [9.17, 15) is 0 Å². The molecule has 4 N–H and O–H groups in total. The first-order chi connectivity index (χ1) is 7.34. The molecule has 0 unspecified atom stereocenters. The summed E-state index contributed by atoms with van der Waals surface area (Å²) in [5.74, 6) is 1.06. The van der Waals surface area contributed by atoms with Gasteiger partial charge in [-0.2, -0.15) is 5.10 Å². The van der Waals surface area contributed by atoms with Crippen LogP contribution in [0.1, 0.15) is 0 Å². The second-order valence-corrected chi connectivity index (χ2v) is 3.03. The predicted molar refractivity (Wildman–Crippen MR) is 53.7 cm³/mol. The van der Waals surface area contributed by atoms with Gasteiger partial charge in [0.15, 0.2) is 11.5 Å². The van der Waals surface area contributed by atoms with Crippen molar-refractivity contribution >= 4 is 17.0 Å². The Balaban J connectivity index is 2.27. The summed E-state index contributed by atoms with van der Waals surface area (Å²) in [5, 5.41) is 6.55. The predicted octanol–water partition coefficient (Wildman–Crippen LogP) is 0.325. The van der Waals surface area contributed by atoms with Crippen molar-refractivity contribution in [2.24, 2.45) is 0 Å². The van der Waals surface area contributed by atoms with Crippen molar-refractivity contribution in [1.29, 1.82) is 0 Å². The molecule has 0 saturated heterocycles. The van der Waals surface area contributed by atoms with Gasteiger partial charge in [-0.1, -0.05) is 0 Å². The van der Waals surface area contributed by atoms with E-state index in [1.165, 1.54) is 6.33 Å². The maximum Gasteiger partial charge on any atom is 0.183 e. The molecule has 0 aliphatic carbocycles. The highest BCUT2D eigenvalue weighted by Crippen LogP contribution is 2.19. The zero-order chi connectivity index (χ0) is 10.3. The molecule has 15 heavy (non-hydrogen) atoms. The van der Waals surface area contributed by atoms with Gasteiger partial charge < -0.3 is 10.7 Å². The lowest BCUT2D eigenvalue weighted by atomic mass is 10.3. The summed E-state index contributed by atoms with van der Waals surface area (Å²) in [7, 11) is 0. The van der Waals surface area contributed by atoms with E-state index in [4.69, 9.17) is 5.73 Å². The first kappa shape index (κ1) is 7.92. The van der Waals surface area contributed by atoms with Crippen molar-refractivity contribution in [2.75, 3.05) is 5.73 Å². The summed E-state index contributed by atoms with van der Waals surface area (Å²) < 4.78 is 0. The summed E-state index contributed by atoms with van der Waals surface area (Å²) in [5.41, 5.74) is 7.73. The summed E-state index contributed by atoms with van der Waals surface area (Å²) in [4.78, 5) is 15.2. The Bertz CT molecular complexity index is 595. The molecule has 0 fully saturated rings. The number of nitrogens with one attached hydrogen (secondary N) is 2. The van der Waals surface area contributed by atoms with Crippen LogP contribution in [0.3, 0.4) is 0 Å². The highest BCUT2D eigenvalue weighted by atomic mass is 15.1. The maximum atomic E-state index is 5.68. The highest BCUT2D eigenvalue weighted by molar-refractivity contribution is 5.83. The SMILES string of the molecule is Nc1ncnc2nc(-c3cn[nH]c3)[nH]c12. The van der Waals surface area contributed by atoms with Crippen LogP contribution in [-0.2, 0) is 0 Å². The number of aromatic nitrogens is 6. The number of nitrogens with two attached hydrogens (primary N) is 1. The lowest BCUT2D eigenvalue weighted by Crippen LogP contribution is -1.91. The lowest BCUT2D eigenvalue weighted by Gasteiger charge is -1.89. The van der Waals surface area contributed by atoms with Crippen molar-refractivity contribution in [3.8, 4) is 11.4 Å². The maximum absolute atomic E-state index is 5.68. The van der Waals surface area contributed by atoms with Crippen LogP contribution >= 0.6 is 0 Å². The van der Waals surface area contributed by atoms with E-state index in [2.05, 4.69) is 30.1 Å². The summed E-state index contributed by atoms with van der Waals surface area (Å²) in [6, 6.07) is 0. The minimum atomic E-state index is 0.391. The van der Waals surface area contributed by atoms with E-state index in [0.29, 0.717) is 22.8 Å². The van der Waals surface area contributed by atoms with Crippen LogP contribution in [-0.4, -0.2) is 30.1 Å². The van der Waals surface area contributed by atoms with Gasteiger partial charge in [-0.25, -0.2) is 15.0 Å². The largest absolute Gasteiger partial charge is 0.382 e. The second kappa shape index (κ2) is 2.77. The number of nitrogens with zero attached hydrogens (tertiary/aromatic N) is 4. The molecule has 0 aliphatic rings. The minimum Gasteiger partial charge on any atom is -0.382 e. The number of rotatable bonds is 1. The normalized spacial score (nSPS) is 10.9. The van der Waals surface area contributed by atoms with Gasteiger partial charge in [0.05, 0.1) is 11.8 Å². The standard InChI is InChI=1S/C8H7N7/c9-6-5-8(11-3-10-6)15-7(14-5)4-1-12-13-2-4/h1-3H,(H,12,13)(H3,9,10,11,14,15). The first-order valence-electron chi connectivity index (χ1n) is 4.30. The molecule has 3 aromatic heterocycles. The van der Waals surface area contributed by atoms with Crippen molar-refractivity contribution in [3.05, 3.63) is 18.7 Å². The molecule has 3 heterocycles. The van der Waals surface area contributed by atoms with Crippen LogP contribution in [0.2, 0.25) is 0 Å². The Kier molecular flexibility index (Phi) is 1.46. The molecule has 0 atom stereocenters. The Labute approximate surface area is 83.8 Å². The number of hydrogen-bond donors (Lipinski definition) is 3. The lowest BCUT2D eigenvalue weighted by molar-refractivity contribution is 1.09. The van der Waals surface area contributed by atoms with Gasteiger partial charge in [-0.05, 0) is 0 Å². The average molecular weight is 201 g/mol. The molecule has 7 heteroatoms. The van der Waals surface area contributed by atoms with Gasteiger partial charge in [0.2, 0.25) is 0 Å². The van der Waals surface area contributed by atoms with Gasteiger partial charge in [-0.3, -0.25) is 5.10 Å². The van der Waals surface area contributed by atoms with Crippen LogP contribution in [0.15, 0.2) is 18.7 Å². The van der Waals surface area contributed by atoms with Crippen molar-refractivity contribution in [3.63, 3.8) is 0 Å². The number of imidazole rings is 1. The molecule has 7 nitrogen and oxygen atoms in total. The van der Waals surface area contributed by atoms with E-state index >= 15 is 0 Å². The van der Waals surface area contributed by atoms with E-state index in [1.54, 1.807) is 12.4 Å². The Hall–Kier alpha value is -2.44. The Morgan fingerprint density at radius 3 is 2.93 bits per heavy atom. The Morgan fingerprint density at radius 2 is 2.20 bits per heavy atom. The van der Waals surface area contributed by atoms with Gasteiger partial charge in [0.1, 0.15) is 17.7 Å². The molecule has 3 aromatic rings. The van der Waals surface area contributed by atoms with Gasteiger partial charge in [-0.15, -0.1) is 0 Å². The average Bonchev–Trinajstić information content (AvgIpc) is 2.86. The molecule has 3 rings (SSSR count). The van der Waals surface area contributed by atoms with E-state index in [-0.39, 0.29) is 0 Å². The smallest absolute Gasteiger partial charge is 0.183 e. The fourth-order valence-electron chi connectivity index (χ4n) is 1.36. The molecular weight excluding hydrogens is 194 g/mol. The van der Waals surface area contributed by atoms with Crippen LogP contribution in [0.25, 0.3) is 22.6 Å². The molecule has 0 amide bonds. The summed E-state index contributed by atoms with van der Waals surface area (Å²) in [6.45, 7) is 0. The van der Waals surface area contributed by atoms with Crippen LogP contribution in [0, 0.1) is 0 Å². The molecule has 0 spiro atoms. The fourth-order valence-corrected chi connectivity index (χ4v) is 1.36. The Morgan fingerprint density at radius 1 is 1.27 bits per heavy atom. The highest BCUT2D eigenvalue weighted by Gasteiger charge is 2.09. The number of H-pyrrole nitrogens is 2. The summed E-state index contributed by atoms with van der Waals surface area (Å²) >= 11 is 0. The van der Waals surface area contributed by atoms with E-state index in [0.717, 1.165) is 5.56 Å². The third kappa shape index (κ3) is 1.13. The van der Waals surface area contributed by atoms with Crippen LogP contribution in [0.4, 0.5) is 5.82 Å². The molecule has 0 bridgehead atoms. The zero-order valence-electron chi connectivity index (χ0n) is 7.60. The molecule has 0 saturated carbocycles. The number of anilines is 1. The number of hydrogen-bond acceptors (Lipinski definition) is 5. The zero-order valence-corrected chi connectivity index (χ0v) is 7.60. The van der Waals surface area contributed by atoms with Gasteiger partial charge in [0, 0.05) is 6.20 Å². The van der Waals surface area contributed by atoms with Gasteiger partial charge >= 0.3 is 0 Å². The third-order valence-corrected chi connectivity index (χ3v) is 2.09.